The summed E-state index contributed by atoms with van der Waals surface area (Å²) >= 11 is 0. The second kappa shape index (κ2) is 13.6. The van der Waals surface area contributed by atoms with Gasteiger partial charge >= 0.3 is 0 Å². The number of hydrogen-bond acceptors (Lipinski definition) is 6. The first-order valence-corrected chi connectivity index (χ1v) is 17.1. The Morgan fingerprint density at radius 2 is 0.885 bits per heavy atom. The molecule has 244 valence electrons. The van der Waals surface area contributed by atoms with Crippen LogP contribution in [0.4, 0.5) is 11.4 Å². The van der Waals surface area contributed by atoms with Gasteiger partial charge in [0.2, 0.25) is 0 Å². The lowest BCUT2D eigenvalue weighted by Crippen LogP contribution is -2.10. The summed E-state index contributed by atoms with van der Waals surface area (Å²) in [6.07, 6.45) is 9.14. The fourth-order valence-corrected chi connectivity index (χ4v) is 6.51. The highest BCUT2D eigenvalue weighted by molar-refractivity contribution is 6.22. The van der Waals surface area contributed by atoms with Crippen LogP contribution >= 0.6 is 0 Å². The van der Waals surface area contributed by atoms with Gasteiger partial charge in [-0.05, 0) is 60.2 Å². The molecule has 6 nitrogen and oxygen atoms in total. The summed E-state index contributed by atoms with van der Waals surface area (Å²) in [5, 5.41) is 0. The Labute approximate surface area is 301 Å². The minimum Gasteiger partial charge on any atom is -0.264 e. The molecule has 1 aliphatic rings. The molecule has 6 heteroatoms. The molecule has 0 fully saturated rings. The summed E-state index contributed by atoms with van der Waals surface area (Å²) in [5.74, 6) is 0. The second-order valence-corrected chi connectivity index (χ2v) is 12.4. The van der Waals surface area contributed by atoms with Gasteiger partial charge < -0.3 is 0 Å². The zero-order valence-electron chi connectivity index (χ0n) is 28.0. The van der Waals surface area contributed by atoms with Crippen LogP contribution in [0.15, 0.2) is 193 Å². The van der Waals surface area contributed by atoms with Crippen molar-refractivity contribution in [3.8, 4) is 44.9 Å². The van der Waals surface area contributed by atoms with E-state index in [-0.39, 0.29) is 0 Å². The topological polar surface area (TPSA) is 76.3 Å². The zero-order chi connectivity index (χ0) is 34.7. The Hall–Kier alpha value is -7.18. The summed E-state index contributed by atoms with van der Waals surface area (Å²) in [6, 6.07) is 51.5. The molecule has 0 saturated heterocycles. The van der Waals surface area contributed by atoms with Crippen LogP contribution < -0.4 is 0 Å². The molecule has 0 N–H and O–H groups in total. The smallest absolute Gasteiger partial charge is 0.0803 e. The average molecular weight is 667 g/mol. The standard InChI is InChI=1S/C46H30N6/c1-3-13-43-38(10-1)45(33-21-17-31(18-22-33)36-27-37(30-48-29-36)40-12-5-6-26-49-40)51-44-14-4-2-11-39(44)46(52-43)34-23-19-32(20-24-34)41-15-7-16-42(50-41)35-9-8-25-47-28-35/h1-30H. The van der Waals surface area contributed by atoms with Crippen LogP contribution in [0.1, 0.15) is 22.3 Å². The first-order chi connectivity index (χ1) is 25.8. The van der Waals surface area contributed by atoms with Crippen LogP contribution in [0.2, 0.25) is 0 Å². The molecule has 0 amide bonds. The third kappa shape index (κ3) is 6.10. The first kappa shape index (κ1) is 30.8. The molecule has 4 aromatic carbocycles. The van der Waals surface area contributed by atoms with Crippen molar-refractivity contribution in [1.82, 2.24) is 19.9 Å². The molecule has 1 aliphatic heterocycles. The van der Waals surface area contributed by atoms with Gasteiger partial charge in [-0.1, -0.05) is 97.1 Å². The van der Waals surface area contributed by atoms with Gasteiger partial charge in [-0.3, -0.25) is 15.0 Å². The van der Waals surface area contributed by atoms with E-state index in [4.69, 9.17) is 15.0 Å². The zero-order valence-corrected chi connectivity index (χ0v) is 28.0. The quantitative estimate of drug-likeness (QED) is 0.177. The molecule has 0 bridgehead atoms. The van der Waals surface area contributed by atoms with Crippen LogP contribution in [-0.2, 0) is 0 Å². The number of fused-ring (bicyclic) bond motifs is 2. The minimum absolute atomic E-state index is 0.858. The average Bonchev–Trinajstić information content (AvgIpc) is 3.22. The number of aromatic nitrogens is 4. The molecule has 8 aromatic rings. The molecule has 0 radical (unpaired) electrons. The number of para-hydroxylation sites is 2. The number of pyridine rings is 4. The van der Waals surface area contributed by atoms with Gasteiger partial charge in [0, 0.05) is 75.5 Å². The maximum absolute atomic E-state index is 5.35. The lowest BCUT2D eigenvalue weighted by Gasteiger charge is -2.18. The van der Waals surface area contributed by atoms with E-state index in [0.717, 1.165) is 90.0 Å². The lowest BCUT2D eigenvalue weighted by atomic mass is 9.94. The maximum atomic E-state index is 5.35. The van der Waals surface area contributed by atoms with Crippen molar-refractivity contribution >= 4 is 22.8 Å². The third-order valence-corrected chi connectivity index (χ3v) is 9.13. The SMILES string of the molecule is c1ccc(-c2cncc(-c3ccc(C4=Nc5ccccc5C(c5ccc(-c6cccc(-c7cccnc7)n6)cc5)=Nc5ccccc54)cc3)c2)nc1. The highest BCUT2D eigenvalue weighted by Crippen LogP contribution is 2.34. The maximum Gasteiger partial charge on any atom is 0.0803 e. The fourth-order valence-electron chi connectivity index (χ4n) is 6.51. The molecular formula is C46H30N6. The van der Waals surface area contributed by atoms with Gasteiger partial charge in [0.25, 0.3) is 0 Å². The Morgan fingerprint density at radius 3 is 1.52 bits per heavy atom. The summed E-state index contributed by atoms with van der Waals surface area (Å²) in [6.45, 7) is 0. The van der Waals surface area contributed by atoms with E-state index in [9.17, 15) is 0 Å². The van der Waals surface area contributed by atoms with Crippen molar-refractivity contribution in [1.29, 1.82) is 0 Å². The van der Waals surface area contributed by atoms with Gasteiger partial charge in [-0.2, -0.15) is 0 Å². The monoisotopic (exact) mass is 666 g/mol. The van der Waals surface area contributed by atoms with Crippen LogP contribution in [0.5, 0.6) is 0 Å². The van der Waals surface area contributed by atoms with Crippen LogP contribution in [-0.4, -0.2) is 31.4 Å². The number of nitrogens with zero attached hydrogens (tertiary/aromatic N) is 6. The summed E-state index contributed by atoms with van der Waals surface area (Å²) in [4.78, 5) is 28.9. The number of benzene rings is 4. The number of rotatable bonds is 6. The Kier molecular flexibility index (Phi) is 8.08. The molecule has 0 unspecified atom stereocenters. The highest BCUT2D eigenvalue weighted by Gasteiger charge is 2.20. The van der Waals surface area contributed by atoms with Crippen molar-refractivity contribution in [2.24, 2.45) is 9.98 Å². The van der Waals surface area contributed by atoms with Crippen molar-refractivity contribution in [3.05, 3.63) is 205 Å². The van der Waals surface area contributed by atoms with Gasteiger partial charge in [0.15, 0.2) is 0 Å². The molecule has 0 saturated carbocycles. The molecular weight excluding hydrogens is 637 g/mol. The van der Waals surface area contributed by atoms with Crippen LogP contribution in [0, 0.1) is 0 Å². The molecule has 0 atom stereocenters. The van der Waals surface area contributed by atoms with Crippen molar-refractivity contribution in [2.45, 2.75) is 0 Å². The minimum atomic E-state index is 0.858. The van der Waals surface area contributed by atoms with Crippen molar-refractivity contribution < 1.29 is 0 Å². The second-order valence-electron chi connectivity index (χ2n) is 12.4. The summed E-state index contributed by atoms with van der Waals surface area (Å²) in [5.41, 5.74) is 15.2. The predicted octanol–water partition coefficient (Wildman–Crippen LogP) is 10.6. The van der Waals surface area contributed by atoms with E-state index >= 15 is 0 Å². The fraction of sp³-hybridized carbons (Fsp3) is 0. The van der Waals surface area contributed by atoms with E-state index in [1.807, 2.05) is 91.4 Å². The van der Waals surface area contributed by atoms with Gasteiger partial charge in [-0.25, -0.2) is 15.0 Å². The molecule has 0 aliphatic carbocycles. The van der Waals surface area contributed by atoms with E-state index in [1.165, 1.54) is 0 Å². The van der Waals surface area contributed by atoms with Gasteiger partial charge in [0.05, 0.1) is 39.9 Å². The predicted molar refractivity (Wildman–Crippen MR) is 209 cm³/mol. The lowest BCUT2D eigenvalue weighted by molar-refractivity contribution is 1.28. The Balaban J connectivity index is 1.07. The van der Waals surface area contributed by atoms with Crippen LogP contribution in [0.3, 0.4) is 0 Å². The molecule has 5 heterocycles. The van der Waals surface area contributed by atoms with E-state index in [2.05, 4.69) is 93.8 Å². The number of aliphatic imine (C=N–C) groups is 2. The third-order valence-electron chi connectivity index (χ3n) is 9.13. The van der Waals surface area contributed by atoms with Gasteiger partial charge in [-0.15, -0.1) is 0 Å². The van der Waals surface area contributed by atoms with E-state index in [1.54, 1.807) is 12.4 Å². The molecule has 9 rings (SSSR count). The largest absolute Gasteiger partial charge is 0.264 e. The summed E-state index contributed by atoms with van der Waals surface area (Å²) in [7, 11) is 0. The molecule has 4 aromatic heterocycles. The normalized spacial score (nSPS) is 12.1. The first-order valence-electron chi connectivity index (χ1n) is 17.1. The highest BCUT2D eigenvalue weighted by atomic mass is 14.8. The molecule has 0 spiro atoms. The molecule has 52 heavy (non-hydrogen) atoms. The van der Waals surface area contributed by atoms with Gasteiger partial charge in [0.1, 0.15) is 0 Å². The Bertz CT molecular complexity index is 2410. The Morgan fingerprint density at radius 1 is 0.327 bits per heavy atom. The van der Waals surface area contributed by atoms with E-state index in [0.29, 0.717) is 0 Å². The number of hydrogen-bond donors (Lipinski definition) is 0. The van der Waals surface area contributed by atoms with Crippen LogP contribution in [0.25, 0.3) is 44.9 Å². The van der Waals surface area contributed by atoms with E-state index < -0.39 is 0 Å². The summed E-state index contributed by atoms with van der Waals surface area (Å²) < 4.78 is 0. The van der Waals surface area contributed by atoms with Crippen molar-refractivity contribution in [2.75, 3.05) is 0 Å². The van der Waals surface area contributed by atoms with Crippen molar-refractivity contribution in [3.63, 3.8) is 0 Å².